The zero-order chi connectivity index (χ0) is 20.1. The minimum atomic E-state index is -0.661. The average molecular weight is 383 g/mol. The van der Waals surface area contributed by atoms with Crippen LogP contribution in [0.4, 0.5) is 0 Å². The van der Waals surface area contributed by atoms with Crippen molar-refractivity contribution in [3.05, 3.63) is 42.7 Å². The summed E-state index contributed by atoms with van der Waals surface area (Å²) in [5.74, 6) is 0.348. The van der Waals surface area contributed by atoms with Gasteiger partial charge in [-0.1, -0.05) is 30.3 Å². The fourth-order valence-corrected chi connectivity index (χ4v) is 3.46. The molecular weight excluding hydrogens is 358 g/mol. The van der Waals surface area contributed by atoms with Crippen molar-refractivity contribution in [2.24, 2.45) is 0 Å². The molecule has 1 aromatic carbocycles. The van der Waals surface area contributed by atoms with E-state index in [-0.39, 0.29) is 30.7 Å². The zero-order valence-electron chi connectivity index (χ0n) is 16.2. The third-order valence-corrected chi connectivity index (χ3v) is 5.01. The van der Waals surface area contributed by atoms with Crippen LogP contribution in [-0.4, -0.2) is 69.8 Å². The molecule has 1 aliphatic rings. The lowest BCUT2D eigenvalue weighted by atomic mass is 10.1. The molecule has 1 N–H and O–H groups in total. The van der Waals surface area contributed by atoms with Crippen LogP contribution in [0.2, 0.25) is 0 Å². The Morgan fingerprint density at radius 2 is 1.93 bits per heavy atom. The summed E-state index contributed by atoms with van der Waals surface area (Å²) in [5, 5.41) is 2.59. The number of imidazole rings is 1. The van der Waals surface area contributed by atoms with Crippen molar-refractivity contribution in [3.8, 4) is 11.4 Å². The first-order chi connectivity index (χ1) is 13.5. The van der Waals surface area contributed by atoms with Crippen LogP contribution in [0, 0.1) is 0 Å². The Hall–Kier alpha value is -3.16. The number of carbonyl (C=O) groups is 3. The topological polar surface area (TPSA) is 87.5 Å². The van der Waals surface area contributed by atoms with Crippen molar-refractivity contribution in [1.82, 2.24) is 24.7 Å². The second-order valence-electron chi connectivity index (χ2n) is 6.74. The van der Waals surface area contributed by atoms with Crippen molar-refractivity contribution >= 4 is 17.7 Å². The van der Waals surface area contributed by atoms with Crippen LogP contribution in [0.15, 0.2) is 42.7 Å². The third kappa shape index (κ3) is 4.21. The molecule has 0 saturated carbocycles. The fraction of sp³-hybridized carbons (Fsp3) is 0.400. The standard InChI is InChI=1S/C20H25N5O3/c1-15(26)24-12-13-25(17(14-24)20(28)21-2)18(27)8-10-23-11-9-22-19(23)16-6-4-3-5-7-16/h3-7,9,11,17H,8,10,12-14H2,1-2H3,(H,21,28). The molecule has 3 amide bonds. The Morgan fingerprint density at radius 1 is 1.18 bits per heavy atom. The SMILES string of the molecule is CNC(=O)C1CN(C(C)=O)CCN1C(=O)CCn1ccnc1-c1ccccc1. The highest BCUT2D eigenvalue weighted by atomic mass is 16.2. The minimum absolute atomic E-state index is 0.0908. The van der Waals surface area contributed by atoms with Crippen LogP contribution in [0.25, 0.3) is 11.4 Å². The Labute approximate surface area is 164 Å². The van der Waals surface area contributed by atoms with Gasteiger partial charge in [0.05, 0.1) is 6.54 Å². The number of nitrogens with zero attached hydrogens (tertiary/aromatic N) is 4. The van der Waals surface area contributed by atoms with Crippen molar-refractivity contribution in [3.63, 3.8) is 0 Å². The molecule has 8 nitrogen and oxygen atoms in total. The molecular formula is C20H25N5O3. The summed E-state index contributed by atoms with van der Waals surface area (Å²) in [6.45, 7) is 2.96. The van der Waals surface area contributed by atoms with Crippen LogP contribution in [0.5, 0.6) is 0 Å². The molecule has 1 aromatic heterocycles. The van der Waals surface area contributed by atoms with E-state index in [4.69, 9.17) is 0 Å². The van der Waals surface area contributed by atoms with Gasteiger partial charge >= 0.3 is 0 Å². The zero-order valence-corrected chi connectivity index (χ0v) is 16.2. The number of hydrogen-bond donors (Lipinski definition) is 1. The molecule has 2 aromatic rings. The van der Waals surface area contributed by atoms with Gasteiger partial charge < -0.3 is 19.7 Å². The van der Waals surface area contributed by atoms with E-state index in [2.05, 4.69) is 10.3 Å². The molecule has 148 valence electrons. The smallest absolute Gasteiger partial charge is 0.244 e. The number of rotatable bonds is 5. The van der Waals surface area contributed by atoms with Crippen molar-refractivity contribution in [2.75, 3.05) is 26.7 Å². The number of piperazine rings is 1. The van der Waals surface area contributed by atoms with Gasteiger partial charge in [-0.05, 0) is 0 Å². The lowest BCUT2D eigenvalue weighted by Crippen LogP contribution is -2.61. The lowest BCUT2D eigenvalue weighted by molar-refractivity contribution is -0.147. The van der Waals surface area contributed by atoms with Crippen LogP contribution in [0.3, 0.4) is 0 Å². The van der Waals surface area contributed by atoms with Gasteiger partial charge in [0.25, 0.3) is 0 Å². The van der Waals surface area contributed by atoms with Crippen molar-refractivity contribution in [1.29, 1.82) is 0 Å². The fourth-order valence-electron chi connectivity index (χ4n) is 3.46. The second kappa shape index (κ2) is 8.69. The first-order valence-electron chi connectivity index (χ1n) is 9.34. The molecule has 0 spiro atoms. The molecule has 0 aliphatic carbocycles. The van der Waals surface area contributed by atoms with Crippen LogP contribution in [-0.2, 0) is 20.9 Å². The van der Waals surface area contributed by atoms with Crippen LogP contribution in [0.1, 0.15) is 13.3 Å². The number of carbonyl (C=O) groups excluding carboxylic acids is 3. The number of amides is 3. The summed E-state index contributed by atoms with van der Waals surface area (Å²) in [6.07, 6.45) is 3.81. The molecule has 1 saturated heterocycles. The number of hydrogen-bond acceptors (Lipinski definition) is 4. The van der Waals surface area contributed by atoms with E-state index in [1.807, 2.05) is 41.1 Å². The summed E-state index contributed by atoms with van der Waals surface area (Å²) < 4.78 is 1.94. The summed E-state index contributed by atoms with van der Waals surface area (Å²) in [6, 6.07) is 9.13. The first kappa shape index (κ1) is 19.6. The van der Waals surface area contributed by atoms with Gasteiger partial charge in [0, 0.05) is 58.0 Å². The van der Waals surface area contributed by atoms with E-state index in [0.717, 1.165) is 11.4 Å². The van der Waals surface area contributed by atoms with Gasteiger partial charge in [-0.3, -0.25) is 14.4 Å². The molecule has 1 aliphatic heterocycles. The maximum atomic E-state index is 12.9. The monoisotopic (exact) mass is 383 g/mol. The average Bonchev–Trinajstić information content (AvgIpc) is 3.20. The molecule has 0 radical (unpaired) electrons. The van der Waals surface area contributed by atoms with Crippen LogP contribution >= 0.6 is 0 Å². The van der Waals surface area contributed by atoms with Crippen molar-refractivity contribution in [2.45, 2.75) is 25.9 Å². The van der Waals surface area contributed by atoms with E-state index in [1.54, 1.807) is 16.0 Å². The van der Waals surface area contributed by atoms with Gasteiger partial charge in [0.2, 0.25) is 17.7 Å². The summed E-state index contributed by atoms with van der Waals surface area (Å²) in [4.78, 5) is 44.4. The molecule has 1 atom stereocenters. The van der Waals surface area contributed by atoms with Gasteiger partial charge in [-0.15, -0.1) is 0 Å². The first-order valence-corrected chi connectivity index (χ1v) is 9.34. The van der Waals surface area contributed by atoms with Gasteiger partial charge in [-0.2, -0.15) is 0 Å². The number of likely N-dealkylation sites (N-methyl/N-ethyl adjacent to an activating group) is 1. The molecule has 8 heteroatoms. The lowest BCUT2D eigenvalue weighted by Gasteiger charge is -2.40. The molecule has 1 unspecified atom stereocenters. The largest absolute Gasteiger partial charge is 0.357 e. The van der Waals surface area contributed by atoms with E-state index in [1.165, 1.54) is 14.0 Å². The molecule has 1 fully saturated rings. The van der Waals surface area contributed by atoms with Gasteiger partial charge in [0.15, 0.2) is 0 Å². The molecule has 28 heavy (non-hydrogen) atoms. The maximum absolute atomic E-state index is 12.9. The summed E-state index contributed by atoms with van der Waals surface area (Å²) in [5.41, 5.74) is 0.984. The number of aromatic nitrogens is 2. The second-order valence-corrected chi connectivity index (χ2v) is 6.74. The summed E-state index contributed by atoms with van der Waals surface area (Å²) in [7, 11) is 1.54. The normalized spacial score (nSPS) is 16.7. The molecule has 3 rings (SSSR count). The highest BCUT2D eigenvalue weighted by Gasteiger charge is 2.35. The highest BCUT2D eigenvalue weighted by Crippen LogP contribution is 2.18. The molecule has 0 bridgehead atoms. The van der Waals surface area contributed by atoms with E-state index < -0.39 is 6.04 Å². The quantitative estimate of drug-likeness (QED) is 0.825. The minimum Gasteiger partial charge on any atom is -0.357 e. The maximum Gasteiger partial charge on any atom is 0.244 e. The van der Waals surface area contributed by atoms with Gasteiger partial charge in [-0.25, -0.2) is 4.98 Å². The Balaban J connectivity index is 1.68. The Bertz CT molecular complexity index is 849. The summed E-state index contributed by atoms with van der Waals surface area (Å²) >= 11 is 0. The number of nitrogens with one attached hydrogen (secondary N) is 1. The number of benzene rings is 1. The highest BCUT2D eigenvalue weighted by molar-refractivity contribution is 5.88. The van der Waals surface area contributed by atoms with E-state index in [9.17, 15) is 14.4 Å². The Morgan fingerprint density at radius 3 is 2.61 bits per heavy atom. The number of aryl methyl sites for hydroxylation is 1. The van der Waals surface area contributed by atoms with Crippen molar-refractivity contribution < 1.29 is 14.4 Å². The van der Waals surface area contributed by atoms with E-state index in [0.29, 0.717) is 19.6 Å². The van der Waals surface area contributed by atoms with E-state index >= 15 is 0 Å². The predicted molar refractivity (Wildman–Crippen MR) is 104 cm³/mol. The van der Waals surface area contributed by atoms with Gasteiger partial charge in [0.1, 0.15) is 11.9 Å². The Kier molecular flexibility index (Phi) is 6.08. The molecule has 2 heterocycles. The van der Waals surface area contributed by atoms with Crippen LogP contribution < -0.4 is 5.32 Å². The third-order valence-electron chi connectivity index (χ3n) is 5.01. The predicted octanol–water partition coefficient (Wildman–Crippen LogP) is 0.746.